The Morgan fingerprint density at radius 3 is 2.52 bits per heavy atom. The minimum Gasteiger partial charge on any atom is -0.0912 e. The van der Waals surface area contributed by atoms with Crippen molar-refractivity contribution in [1.29, 1.82) is 0 Å². The van der Waals surface area contributed by atoms with E-state index < -0.39 is 0 Å². The Morgan fingerprint density at radius 2 is 1.84 bits per heavy atom. The molecule has 0 aromatic rings. The molecule has 1 atom stereocenters. The average Bonchev–Trinajstić information content (AvgIpc) is 3.07. The number of hydrogen-bond donors (Lipinski definition) is 0. The smallest absolute Gasteiger partial charge is 0.0497 e. The number of hydrogen-bond acceptors (Lipinski definition) is 0. The summed E-state index contributed by atoms with van der Waals surface area (Å²) in [4.78, 5) is 0. The predicted octanol–water partition coefficient (Wildman–Crippen LogP) is 9.46. The molecular formula is C31H40. The highest BCUT2D eigenvalue weighted by Crippen LogP contribution is 2.60. The third kappa shape index (κ3) is 4.69. The molecule has 3 aliphatic carbocycles. The second-order valence-corrected chi connectivity index (χ2v) is 7.89. The van der Waals surface area contributed by atoms with Crippen LogP contribution in [-0.2, 0) is 0 Å². The molecule has 0 heteroatoms. The van der Waals surface area contributed by atoms with Gasteiger partial charge in [-0.05, 0) is 85.5 Å². The summed E-state index contributed by atoms with van der Waals surface area (Å²) in [6.07, 6.45) is 31.5. The fraction of sp³-hybridized carbons (Fsp3) is 0.355. The second kappa shape index (κ2) is 11.7. The molecule has 0 nitrogen and oxygen atoms in total. The van der Waals surface area contributed by atoms with Crippen LogP contribution in [0.4, 0.5) is 0 Å². The highest BCUT2D eigenvalue weighted by molar-refractivity contribution is 5.73. The zero-order valence-corrected chi connectivity index (χ0v) is 20.5. The van der Waals surface area contributed by atoms with Gasteiger partial charge >= 0.3 is 0 Å². The Bertz CT molecular complexity index is 944. The molecule has 0 fully saturated rings. The molecule has 0 aromatic heterocycles. The molecule has 0 aliphatic heterocycles. The van der Waals surface area contributed by atoms with Gasteiger partial charge in [-0.2, -0.15) is 0 Å². The van der Waals surface area contributed by atoms with Gasteiger partial charge in [0.15, 0.2) is 0 Å². The molecule has 164 valence electrons. The van der Waals surface area contributed by atoms with E-state index in [1.807, 2.05) is 13.8 Å². The Morgan fingerprint density at radius 1 is 1.10 bits per heavy atom. The summed E-state index contributed by atoms with van der Waals surface area (Å²) < 4.78 is 0. The maximum absolute atomic E-state index is 4.42. The van der Waals surface area contributed by atoms with Crippen molar-refractivity contribution in [2.24, 2.45) is 5.41 Å². The van der Waals surface area contributed by atoms with Crippen molar-refractivity contribution in [2.45, 2.75) is 67.2 Å². The summed E-state index contributed by atoms with van der Waals surface area (Å²) in [6, 6.07) is 0. The molecule has 0 heterocycles. The van der Waals surface area contributed by atoms with E-state index in [-0.39, 0.29) is 5.41 Å². The first-order valence-electron chi connectivity index (χ1n) is 11.9. The maximum Gasteiger partial charge on any atom is 0.0497 e. The van der Waals surface area contributed by atoms with Crippen molar-refractivity contribution < 1.29 is 0 Å². The minimum atomic E-state index is -0.172. The Kier molecular flexibility index (Phi) is 9.31. The third-order valence-corrected chi connectivity index (χ3v) is 6.21. The number of allylic oxidation sites excluding steroid dienone is 19. The standard InChI is InChI=1S/C29H34.C2H6/c1-6-9-18-26-23(5)24(8-3)27(19-10-7-2)29(26)21-15-11-12-16-22(4)25-17-13-14-20-28(25)29;1-2/h7-12,15-20H,4,6,13-14,21H2,1-3,5H3;1-2H3/b10-7-,15-11-,16-12-,18-9-,24-8-,27-19+;. The fourth-order valence-corrected chi connectivity index (χ4v) is 4.93. The zero-order valence-electron chi connectivity index (χ0n) is 20.5. The van der Waals surface area contributed by atoms with Crippen LogP contribution in [0.5, 0.6) is 0 Å². The van der Waals surface area contributed by atoms with Crippen LogP contribution >= 0.6 is 0 Å². The zero-order chi connectivity index (χ0) is 22.9. The summed E-state index contributed by atoms with van der Waals surface area (Å²) in [5.41, 5.74) is 9.28. The molecule has 1 spiro atoms. The van der Waals surface area contributed by atoms with Gasteiger partial charge in [-0.1, -0.05) is 100 Å². The lowest BCUT2D eigenvalue weighted by molar-refractivity contribution is 0.555. The van der Waals surface area contributed by atoms with E-state index in [4.69, 9.17) is 0 Å². The van der Waals surface area contributed by atoms with E-state index in [0.717, 1.165) is 31.3 Å². The molecule has 0 amide bonds. The van der Waals surface area contributed by atoms with Gasteiger partial charge in [-0.15, -0.1) is 0 Å². The lowest BCUT2D eigenvalue weighted by Gasteiger charge is -2.38. The van der Waals surface area contributed by atoms with Crippen molar-refractivity contribution in [3.63, 3.8) is 0 Å². The monoisotopic (exact) mass is 412 g/mol. The van der Waals surface area contributed by atoms with Crippen molar-refractivity contribution in [1.82, 2.24) is 0 Å². The molecule has 0 bridgehead atoms. The van der Waals surface area contributed by atoms with Gasteiger partial charge in [0.25, 0.3) is 0 Å². The molecule has 0 radical (unpaired) electrons. The fourth-order valence-electron chi connectivity index (χ4n) is 4.93. The van der Waals surface area contributed by atoms with Crippen LogP contribution in [0.1, 0.15) is 67.2 Å². The van der Waals surface area contributed by atoms with Gasteiger partial charge in [-0.25, -0.2) is 0 Å². The second-order valence-electron chi connectivity index (χ2n) is 7.89. The molecule has 0 aromatic carbocycles. The normalized spacial score (nSPS) is 28.3. The van der Waals surface area contributed by atoms with Crippen molar-refractivity contribution in [3.05, 3.63) is 119 Å². The molecule has 3 aliphatic rings. The SMILES string of the molecule is C=C1/C=C\C=C/CC2(C3=CCCC=C13)C(/C=C\CC)=C(C)C(=C/C)/C2=C\C=C/C.CC. The van der Waals surface area contributed by atoms with E-state index in [2.05, 4.69) is 107 Å². The quantitative estimate of drug-likeness (QED) is 0.433. The lowest BCUT2D eigenvalue weighted by atomic mass is 9.64. The van der Waals surface area contributed by atoms with E-state index in [1.165, 1.54) is 33.4 Å². The first-order valence-corrected chi connectivity index (χ1v) is 11.9. The van der Waals surface area contributed by atoms with Crippen LogP contribution in [0.15, 0.2) is 119 Å². The van der Waals surface area contributed by atoms with Gasteiger partial charge in [0, 0.05) is 5.41 Å². The van der Waals surface area contributed by atoms with Gasteiger partial charge < -0.3 is 0 Å². The highest BCUT2D eigenvalue weighted by Gasteiger charge is 2.47. The maximum atomic E-state index is 4.42. The molecule has 1 unspecified atom stereocenters. The molecule has 0 saturated carbocycles. The number of rotatable bonds is 3. The Labute approximate surface area is 191 Å². The minimum absolute atomic E-state index is 0.172. The van der Waals surface area contributed by atoms with Crippen LogP contribution in [0.2, 0.25) is 0 Å². The van der Waals surface area contributed by atoms with E-state index in [1.54, 1.807) is 0 Å². The van der Waals surface area contributed by atoms with Gasteiger partial charge in [0.1, 0.15) is 0 Å². The topological polar surface area (TPSA) is 0 Å². The molecular weight excluding hydrogens is 372 g/mol. The number of fused-ring (bicyclic) bond motifs is 2. The van der Waals surface area contributed by atoms with Crippen LogP contribution < -0.4 is 0 Å². The van der Waals surface area contributed by atoms with Crippen LogP contribution in [0, 0.1) is 5.41 Å². The summed E-state index contributed by atoms with van der Waals surface area (Å²) in [5.74, 6) is 0. The van der Waals surface area contributed by atoms with Crippen molar-refractivity contribution in [3.8, 4) is 0 Å². The van der Waals surface area contributed by atoms with E-state index >= 15 is 0 Å². The Balaban J connectivity index is 0.00000166. The van der Waals surface area contributed by atoms with Crippen LogP contribution in [0.3, 0.4) is 0 Å². The predicted molar refractivity (Wildman–Crippen MR) is 140 cm³/mol. The molecule has 0 saturated heterocycles. The summed E-state index contributed by atoms with van der Waals surface area (Å²) >= 11 is 0. The first kappa shape index (κ1) is 24.7. The van der Waals surface area contributed by atoms with E-state index in [0.29, 0.717) is 0 Å². The summed E-state index contributed by atoms with van der Waals surface area (Å²) in [6.45, 7) is 17.2. The summed E-state index contributed by atoms with van der Waals surface area (Å²) in [5, 5.41) is 0. The molecule has 0 N–H and O–H groups in total. The first-order chi connectivity index (χ1) is 15.1. The molecule has 3 rings (SSSR count). The van der Waals surface area contributed by atoms with Crippen molar-refractivity contribution in [2.75, 3.05) is 0 Å². The molecule has 31 heavy (non-hydrogen) atoms. The average molecular weight is 413 g/mol. The van der Waals surface area contributed by atoms with Crippen molar-refractivity contribution >= 4 is 0 Å². The highest BCUT2D eigenvalue weighted by atomic mass is 14.5. The largest absolute Gasteiger partial charge is 0.0912 e. The van der Waals surface area contributed by atoms with Gasteiger partial charge in [0.2, 0.25) is 0 Å². The third-order valence-electron chi connectivity index (χ3n) is 6.21. The summed E-state index contributed by atoms with van der Waals surface area (Å²) in [7, 11) is 0. The lowest BCUT2D eigenvalue weighted by Crippen LogP contribution is -2.27. The Hall–Kier alpha value is -2.60. The van der Waals surface area contributed by atoms with Gasteiger partial charge in [-0.3, -0.25) is 0 Å². The van der Waals surface area contributed by atoms with Crippen LogP contribution in [0.25, 0.3) is 0 Å². The van der Waals surface area contributed by atoms with Gasteiger partial charge in [0.05, 0.1) is 0 Å². The van der Waals surface area contributed by atoms with E-state index in [9.17, 15) is 0 Å². The van der Waals surface area contributed by atoms with Crippen LogP contribution in [-0.4, -0.2) is 0 Å².